The van der Waals surface area contributed by atoms with Gasteiger partial charge in [0, 0.05) is 28.0 Å². The van der Waals surface area contributed by atoms with E-state index < -0.39 is 0 Å². The maximum absolute atomic E-state index is 10.1. The number of benzene rings is 4. The van der Waals surface area contributed by atoms with Crippen LogP contribution in [0, 0.1) is 30.6 Å². The minimum atomic E-state index is 0.207. The van der Waals surface area contributed by atoms with Crippen molar-refractivity contribution in [2.24, 2.45) is 12.5 Å². The molecule has 0 saturated heterocycles. The fourth-order valence-electron chi connectivity index (χ4n) is 6.06. The maximum atomic E-state index is 10.1. The average molecular weight is 536 g/mol. The van der Waals surface area contributed by atoms with Gasteiger partial charge >= 0.3 is 0 Å². The van der Waals surface area contributed by atoms with Gasteiger partial charge in [0.1, 0.15) is 18.2 Å². The van der Waals surface area contributed by atoms with Gasteiger partial charge in [-0.2, -0.15) is 5.26 Å². The molecular formula is C38H35N2O+. The summed E-state index contributed by atoms with van der Waals surface area (Å²) in [5, 5.41) is 12.2. The Hall–Kier alpha value is -4.68. The largest absolute Gasteiger partial charge is 0.454 e. The molecule has 2 aromatic heterocycles. The predicted octanol–water partition coefficient (Wildman–Crippen LogP) is 9.49. The van der Waals surface area contributed by atoms with Gasteiger partial charge in [0.25, 0.3) is 0 Å². The second-order valence-electron chi connectivity index (χ2n) is 12.4. The lowest BCUT2D eigenvalue weighted by atomic mass is 9.87. The summed E-state index contributed by atoms with van der Waals surface area (Å²) in [7, 11) is 2.09. The van der Waals surface area contributed by atoms with Gasteiger partial charge in [0.15, 0.2) is 6.20 Å². The van der Waals surface area contributed by atoms with Crippen LogP contribution in [0.1, 0.15) is 43.0 Å². The van der Waals surface area contributed by atoms with Crippen molar-refractivity contribution in [2.75, 3.05) is 0 Å². The van der Waals surface area contributed by atoms with Crippen LogP contribution in [0.2, 0.25) is 0 Å². The SMILES string of the molecule is Cc1c[n+](C)c(-c2c(C)ccc3c2oc2c(-c4ccc(CC(C)(C)C)cc4)c(C#N)ccc23)cc1-c1ccccc1. The Balaban J connectivity index is 1.59. The van der Waals surface area contributed by atoms with Gasteiger partial charge in [0.05, 0.1) is 17.2 Å². The summed E-state index contributed by atoms with van der Waals surface area (Å²) in [6, 6.07) is 32.1. The third-order valence-corrected chi connectivity index (χ3v) is 7.93. The van der Waals surface area contributed by atoms with E-state index in [9.17, 15) is 5.26 Å². The molecular weight excluding hydrogens is 500 g/mol. The molecule has 3 heteroatoms. The molecule has 0 fully saturated rings. The quantitative estimate of drug-likeness (QED) is 0.211. The van der Waals surface area contributed by atoms with Crippen molar-refractivity contribution >= 4 is 21.9 Å². The van der Waals surface area contributed by atoms with Gasteiger partial charge in [0.2, 0.25) is 5.69 Å². The van der Waals surface area contributed by atoms with E-state index >= 15 is 0 Å². The highest BCUT2D eigenvalue weighted by Gasteiger charge is 2.24. The molecule has 0 spiro atoms. The summed E-state index contributed by atoms with van der Waals surface area (Å²) >= 11 is 0. The molecule has 0 N–H and O–H groups in total. The molecule has 41 heavy (non-hydrogen) atoms. The normalized spacial score (nSPS) is 11.7. The van der Waals surface area contributed by atoms with Crippen LogP contribution in [0.25, 0.3) is 55.4 Å². The number of pyridine rings is 1. The fourth-order valence-corrected chi connectivity index (χ4v) is 6.06. The number of nitrogens with zero attached hydrogens (tertiary/aromatic N) is 2. The molecule has 6 rings (SSSR count). The highest BCUT2D eigenvalue weighted by atomic mass is 16.3. The molecule has 0 aliphatic carbocycles. The van der Waals surface area contributed by atoms with E-state index in [-0.39, 0.29) is 5.41 Å². The molecule has 3 nitrogen and oxygen atoms in total. The van der Waals surface area contributed by atoms with Crippen molar-refractivity contribution < 1.29 is 8.98 Å². The first-order valence-corrected chi connectivity index (χ1v) is 14.2. The van der Waals surface area contributed by atoms with Gasteiger partial charge in [-0.3, -0.25) is 0 Å². The monoisotopic (exact) mass is 535 g/mol. The number of hydrogen-bond donors (Lipinski definition) is 0. The van der Waals surface area contributed by atoms with Gasteiger partial charge < -0.3 is 4.42 Å². The lowest BCUT2D eigenvalue weighted by Gasteiger charge is -2.18. The Bertz CT molecular complexity index is 1960. The lowest BCUT2D eigenvalue weighted by Crippen LogP contribution is -2.31. The van der Waals surface area contributed by atoms with Gasteiger partial charge in [-0.25, -0.2) is 4.57 Å². The van der Waals surface area contributed by atoms with E-state index in [2.05, 4.69) is 125 Å². The van der Waals surface area contributed by atoms with Crippen LogP contribution in [-0.4, -0.2) is 0 Å². The minimum Gasteiger partial charge on any atom is -0.454 e. The van der Waals surface area contributed by atoms with Crippen LogP contribution < -0.4 is 4.57 Å². The Morgan fingerprint density at radius 1 is 0.756 bits per heavy atom. The molecule has 6 aromatic rings. The second-order valence-corrected chi connectivity index (χ2v) is 12.4. The van der Waals surface area contributed by atoms with Crippen molar-refractivity contribution in [1.82, 2.24) is 0 Å². The van der Waals surface area contributed by atoms with Crippen LogP contribution >= 0.6 is 0 Å². The van der Waals surface area contributed by atoms with E-state index in [0.717, 1.165) is 56.3 Å². The summed E-state index contributed by atoms with van der Waals surface area (Å²) in [6.07, 6.45) is 3.19. The summed E-state index contributed by atoms with van der Waals surface area (Å²) in [4.78, 5) is 0. The van der Waals surface area contributed by atoms with Crippen LogP contribution in [0.5, 0.6) is 0 Å². The number of nitriles is 1. The second kappa shape index (κ2) is 10.1. The van der Waals surface area contributed by atoms with Gasteiger partial charge in [-0.05, 0) is 65.6 Å². The zero-order chi connectivity index (χ0) is 28.9. The summed E-state index contributed by atoms with van der Waals surface area (Å²) < 4.78 is 9.01. The van der Waals surface area contributed by atoms with E-state index in [1.54, 1.807) is 0 Å². The first-order valence-electron chi connectivity index (χ1n) is 14.2. The topological polar surface area (TPSA) is 40.8 Å². The zero-order valence-corrected chi connectivity index (χ0v) is 24.7. The van der Waals surface area contributed by atoms with Crippen molar-refractivity contribution in [3.8, 4) is 39.6 Å². The third kappa shape index (κ3) is 4.81. The van der Waals surface area contributed by atoms with E-state index in [1.165, 1.54) is 22.3 Å². The number of rotatable bonds is 4. The molecule has 0 bridgehead atoms. The molecule has 2 heterocycles. The predicted molar refractivity (Wildman–Crippen MR) is 169 cm³/mol. The molecule has 0 aliphatic heterocycles. The van der Waals surface area contributed by atoms with Crippen molar-refractivity contribution in [1.29, 1.82) is 5.26 Å². The molecule has 0 atom stereocenters. The summed E-state index contributed by atoms with van der Waals surface area (Å²) in [6.45, 7) is 11.0. The molecule has 0 radical (unpaired) electrons. The zero-order valence-electron chi connectivity index (χ0n) is 24.7. The number of furan rings is 1. The van der Waals surface area contributed by atoms with E-state index in [4.69, 9.17) is 4.42 Å². The van der Waals surface area contributed by atoms with Crippen molar-refractivity contribution in [3.05, 3.63) is 113 Å². The highest BCUT2D eigenvalue weighted by Crippen LogP contribution is 2.42. The number of aromatic nitrogens is 1. The maximum Gasteiger partial charge on any atom is 0.216 e. The van der Waals surface area contributed by atoms with E-state index in [1.807, 2.05) is 18.2 Å². The molecule has 0 aliphatic rings. The van der Waals surface area contributed by atoms with Crippen LogP contribution in [0.15, 0.2) is 95.5 Å². The fraction of sp³-hybridized carbons (Fsp3) is 0.211. The molecule has 202 valence electrons. The molecule has 0 amide bonds. The standard InChI is InChI=1S/C38H35N2O/c1-24-12-18-30-31-19-17-29(22-39)35(28-15-13-26(14-16-28)21-38(3,4)5)37(31)41-36(30)34(24)33-20-32(25(2)23-40(33)6)27-10-8-7-9-11-27/h7-20,23H,21H2,1-6H3/q+1. The molecule has 0 saturated carbocycles. The Labute approximate surface area is 242 Å². The van der Waals surface area contributed by atoms with Crippen LogP contribution in [0.4, 0.5) is 0 Å². The minimum absolute atomic E-state index is 0.207. The molecule has 4 aromatic carbocycles. The average Bonchev–Trinajstić information content (AvgIpc) is 3.32. The smallest absolute Gasteiger partial charge is 0.216 e. The first-order chi connectivity index (χ1) is 19.6. The number of hydrogen-bond acceptors (Lipinski definition) is 2. The number of aryl methyl sites for hydroxylation is 3. The Morgan fingerprint density at radius 3 is 2.07 bits per heavy atom. The van der Waals surface area contributed by atoms with Crippen LogP contribution in [0.3, 0.4) is 0 Å². The highest BCUT2D eigenvalue weighted by molar-refractivity contribution is 6.14. The third-order valence-electron chi connectivity index (χ3n) is 7.93. The first kappa shape index (κ1) is 26.5. The van der Waals surface area contributed by atoms with Gasteiger partial charge in [-0.1, -0.05) is 87.5 Å². The van der Waals surface area contributed by atoms with Crippen LogP contribution in [-0.2, 0) is 13.5 Å². The molecule has 0 unspecified atom stereocenters. The summed E-state index contributed by atoms with van der Waals surface area (Å²) in [5.41, 5.74) is 12.5. The Kier molecular flexibility index (Phi) is 6.51. The van der Waals surface area contributed by atoms with Crippen molar-refractivity contribution in [2.45, 2.75) is 41.0 Å². The number of fused-ring (bicyclic) bond motifs is 3. The van der Waals surface area contributed by atoms with Gasteiger partial charge in [-0.15, -0.1) is 0 Å². The van der Waals surface area contributed by atoms with E-state index in [0.29, 0.717) is 5.56 Å². The lowest BCUT2D eigenvalue weighted by molar-refractivity contribution is -0.660. The summed E-state index contributed by atoms with van der Waals surface area (Å²) in [5.74, 6) is 0. The Morgan fingerprint density at radius 2 is 1.41 bits per heavy atom. The van der Waals surface area contributed by atoms with Crippen molar-refractivity contribution in [3.63, 3.8) is 0 Å².